The lowest BCUT2D eigenvalue weighted by atomic mass is 9.82. The van der Waals surface area contributed by atoms with Gasteiger partial charge in [-0.2, -0.15) is 0 Å². The second-order valence-electron chi connectivity index (χ2n) is 18.0. The van der Waals surface area contributed by atoms with Crippen molar-refractivity contribution < 1.29 is 0 Å². The van der Waals surface area contributed by atoms with Crippen LogP contribution in [0.5, 0.6) is 0 Å². The average molecular weight is 715 g/mol. The summed E-state index contributed by atoms with van der Waals surface area (Å²) in [5.41, 5.74) is 17.8. The van der Waals surface area contributed by atoms with Gasteiger partial charge in [0.2, 0.25) is 0 Å². The van der Waals surface area contributed by atoms with Crippen LogP contribution >= 0.6 is 0 Å². The lowest BCUT2D eigenvalue weighted by Crippen LogP contribution is -2.14. The molecule has 0 N–H and O–H groups in total. The zero-order chi connectivity index (χ0) is 38.3. The lowest BCUT2D eigenvalue weighted by Gasteiger charge is -2.28. The monoisotopic (exact) mass is 714 g/mol. The fourth-order valence-corrected chi connectivity index (χ4v) is 8.72. The van der Waals surface area contributed by atoms with Crippen LogP contribution in [0.25, 0.3) is 49.7 Å². The predicted octanol–water partition coefficient (Wildman–Crippen LogP) is 14.8. The summed E-state index contributed by atoms with van der Waals surface area (Å²) in [6.07, 6.45) is 0. The van der Waals surface area contributed by atoms with E-state index in [0.29, 0.717) is 0 Å². The molecule has 55 heavy (non-hydrogen) atoms. The number of benzene rings is 7. The molecule has 0 fully saturated rings. The molecule has 0 unspecified atom stereocenters. The third-order valence-electron chi connectivity index (χ3n) is 11.9. The van der Waals surface area contributed by atoms with E-state index in [-0.39, 0.29) is 16.2 Å². The molecule has 0 radical (unpaired) electrons. The van der Waals surface area contributed by atoms with Crippen molar-refractivity contribution in [1.82, 2.24) is 4.57 Å². The molecule has 1 aliphatic carbocycles. The Morgan fingerprint density at radius 1 is 0.436 bits per heavy atom. The molecule has 1 aromatic heterocycles. The summed E-state index contributed by atoms with van der Waals surface area (Å²) in [5, 5.41) is 2.55. The van der Waals surface area contributed by atoms with Gasteiger partial charge >= 0.3 is 0 Å². The summed E-state index contributed by atoms with van der Waals surface area (Å²) in [7, 11) is 0. The van der Waals surface area contributed by atoms with Crippen molar-refractivity contribution >= 4 is 38.9 Å². The summed E-state index contributed by atoms with van der Waals surface area (Å²) >= 11 is 0. The first-order valence-electron chi connectivity index (χ1n) is 19.7. The maximum Gasteiger partial charge on any atom is 0.0544 e. The smallest absolute Gasteiger partial charge is 0.0544 e. The predicted molar refractivity (Wildman–Crippen MR) is 236 cm³/mol. The zero-order valence-electron chi connectivity index (χ0n) is 33.4. The maximum absolute atomic E-state index is 2.46. The van der Waals surface area contributed by atoms with Crippen LogP contribution in [0.2, 0.25) is 0 Å². The van der Waals surface area contributed by atoms with Gasteiger partial charge in [0.1, 0.15) is 0 Å². The number of anilines is 3. The molecule has 2 nitrogen and oxygen atoms in total. The van der Waals surface area contributed by atoms with E-state index < -0.39 is 0 Å². The highest BCUT2D eigenvalue weighted by molar-refractivity contribution is 6.12. The highest BCUT2D eigenvalue weighted by atomic mass is 15.1. The highest BCUT2D eigenvalue weighted by Gasteiger charge is 2.36. The molecule has 0 bridgehead atoms. The summed E-state index contributed by atoms with van der Waals surface area (Å²) < 4.78 is 2.45. The Hall–Kier alpha value is -5.86. The Kier molecular flexibility index (Phi) is 7.99. The van der Waals surface area contributed by atoms with Crippen molar-refractivity contribution in [3.05, 3.63) is 180 Å². The highest BCUT2D eigenvalue weighted by Crippen LogP contribution is 2.51. The molecule has 272 valence electrons. The second-order valence-corrected chi connectivity index (χ2v) is 18.0. The molecule has 1 aliphatic rings. The molecule has 0 aliphatic heterocycles. The van der Waals surface area contributed by atoms with E-state index in [1.165, 1.54) is 72.0 Å². The van der Waals surface area contributed by atoms with Gasteiger partial charge in [0.05, 0.1) is 11.0 Å². The van der Waals surface area contributed by atoms with Gasteiger partial charge in [-0.25, -0.2) is 0 Å². The molecule has 0 atom stereocenters. The van der Waals surface area contributed by atoms with E-state index in [1.54, 1.807) is 0 Å². The number of fused-ring (bicyclic) bond motifs is 6. The fraction of sp³-hybridized carbons (Fsp3) is 0.208. The van der Waals surface area contributed by atoms with Crippen LogP contribution in [0.1, 0.15) is 77.6 Å². The van der Waals surface area contributed by atoms with Gasteiger partial charge < -0.3 is 9.47 Å². The van der Waals surface area contributed by atoms with Crippen molar-refractivity contribution in [2.75, 3.05) is 4.90 Å². The first-order valence-corrected chi connectivity index (χ1v) is 19.7. The molecule has 0 amide bonds. The number of nitrogens with zero attached hydrogens (tertiary/aromatic N) is 2. The van der Waals surface area contributed by atoms with Crippen LogP contribution in [0.15, 0.2) is 158 Å². The summed E-state index contributed by atoms with van der Waals surface area (Å²) in [6, 6.07) is 58.9. The van der Waals surface area contributed by atoms with E-state index in [4.69, 9.17) is 0 Å². The Morgan fingerprint density at radius 3 is 1.53 bits per heavy atom. The minimum atomic E-state index is -0.0673. The van der Waals surface area contributed by atoms with Gasteiger partial charge in [-0.15, -0.1) is 0 Å². The lowest BCUT2D eigenvalue weighted by molar-refractivity contribution is 0.590. The Balaban J connectivity index is 1.16. The number of para-hydroxylation sites is 1. The molecule has 7 aromatic carbocycles. The van der Waals surface area contributed by atoms with E-state index in [2.05, 4.69) is 223 Å². The third-order valence-corrected chi connectivity index (χ3v) is 11.9. The first kappa shape index (κ1) is 34.9. The SMILES string of the molecule is CC(C)(C)c1ccc(N(c2ccc(-c3ccc4c(c3)c3cc5c(cc3n4-c3ccccc3)C(C)(C)c3ccccc3-5)cc2)c2ccc(C(C)(C)C)cc2)cc1. The summed E-state index contributed by atoms with van der Waals surface area (Å²) in [5.74, 6) is 0. The molecular weight excluding hydrogens is 665 g/mol. The van der Waals surface area contributed by atoms with Gasteiger partial charge in [-0.1, -0.05) is 140 Å². The van der Waals surface area contributed by atoms with Gasteiger partial charge in [-0.3, -0.25) is 0 Å². The van der Waals surface area contributed by atoms with Crippen LogP contribution in [-0.4, -0.2) is 4.57 Å². The van der Waals surface area contributed by atoms with Gasteiger partial charge in [-0.05, 0) is 128 Å². The van der Waals surface area contributed by atoms with Crippen LogP contribution < -0.4 is 4.90 Å². The normalized spacial score (nSPS) is 13.6. The van der Waals surface area contributed by atoms with Crippen LogP contribution in [0, 0.1) is 0 Å². The molecule has 2 heteroatoms. The number of hydrogen-bond donors (Lipinski definition) is 0. The average Bonchev–Trinajstić information content (AvgIpc) is 3.62. The summed E-state index contributed by atoms with van der Waals surface area (Å²) in [6.45, 7) is 18.4. The minimum absolute atomic E-state index is 0.0673. The Labute approximate surface area is 326 Å². The van der Waals surface area contributed by atoms with E-state index >= 15 is 0 Å². The molecular formula is C53H50N2. The Morgan fingerprint density at radius 2 is 0.945 bits per heavy atom. The van der Waals surface area contributed by atoms with E-state index in [9.17, 15) is 0 Å². The molecule has 0 saturated carbocycles. The van der Waals surface area contributed by atoms with Crippen LogP contribution in [-0.2, 0) is 16.2 Å². The minimum Gasteiger partial charge on any atom is -0.311 e. The fourth-order valence-electron chi connectivity index (χ4n) is 8.72. The van der Waals surface area contributed by atoms with E-state index in [0.717, 1.165) is 17.1 Å². The standard InChI is InChI=1S/C53H50N2/c1-51(2,3)37-21-27-41(28-22-37)54(42-29-23-38(24-30-42)52(4,5)6)40-25-18-35(19-26-40)36-20-31-49-45(32-36)46-33-44-43-16-12-13-17-47(43)53(7,8)48(44)34-50(46)55(49)39-14-10-9-11-15-39/h9-34H,1-8H3. The van der Waals surface area contributed by atoms with Crippen molar-refractivity contribution in [3.63, 3.8) is 0 Å². The molecule has 9 rings (SSSR count). The van der Waals surface area contributed by atoms with Crippen LogP contribution in [0.4, 0.5) is 17.1 Å². The number of aromatic nitrogens is 1. The molecule has 8 aromatic rings. The van der Waals surface area contributed by atoms with Crippen LogP contribution in [0.3, 0.4) is 0 Å². The quantitative estimate of drug-likeness (QED) is 0.172. The van der Waals surface area contributed by atoms with Crippen molar-refractivity contribution in [2.45, 2.75) is 71.6 Å². The van der Waals surface area contributed by atoms with Crippen molar-refractivity contribution in [1.29, 1.82) is 0 Å². The summed E-state index contributed by atoms with van der Waals surface area (Å²) in [4.78, 5) is 2.37. The maximum atomic E-state index is 2.46. The van der Waals surface area contributed by atoms with Gasteiger partial charge in [0, 0.05) is 38.9 Å². The molecule has 1 heterocycles. The van der Waals surface area contributed by atoms with Gasteiger partial charge in [0.25, 0.3) is 0 Å². The van der Waals surface area contributed by atoms with E-state index in [1.807, 2.05) is 0 Å². The number of hydrogen-bond acceptors (Lipinski definition) is 1. The largest absolute Gasteiger partial charge is 0.311 e. The zero-order valence-corrected chi connectivity index (χ0v) is 33.4. The first-order chi connectivity index (χ1) is 26.3. The van der Waals surface area contributed by atoms with Crippen molar-refractivity contribution in [3.8, 4) is 27.9 Å². The van der Waals surface area contributed by atoms with Crippen molar-refractivity contribution in [2.24, 2.45) is 0 Å². The number of rotatable bonds is 5. The molecule has 0 saturated heterocycles. The van der Waals surface area contributed by atoms with Gasteiger partial charge in [0.15, 0.2) is 0 Å². The third kappa shape index (κ3) is 5.87. The topological polar surface area (TPSA) is 8.17 Å². The molecule has 0 spiro atoms. The Bertz CT molecular complexity index is 2640. The second kappa shape index (κ2) is 12.6.